The molecule has 0 unspecified atom stereocenters. The van der Waals surface area contributed by atoms with Gasteiger partial charge in [0.2, 0.25) is 5.91 Å². The SMILES string of the molecule is C=CC(=O)N(C)c1ccc(C(=O)Nc2ccc(-c3ncn(C)n3)cc2)cc1. The highest BCUT2D eigenvalue weighted by Crippen LogP contribution is 2.19. The van der Waals surface area contributed by atoms with E-state index in [4.69, 9.17) is 0 Å². The monoisotopic (exact) mass is 361 g/mol. The molecule has 0 atom stereocenters. The molecule has 0 aliphatic heterocycles. The standard InChI is InChI=1S/C20H19N5O2/c1-4-18(26)25(3)17-11-7-15(8-12-17)20(27)22-16-9-5-14(6-10-16)19-21-13-24(2)23-19/h4-13H,1H2,2-3H3,(H,22,27). The Labute approximate surface area is 157 Å². The number of carbonyl (C=O) groups is 2. The summed E-state index contributed by atoms with van der Waals surface area (Å²) in [5.74, 6) is 0.182. The van der Waals surface area contributed by atoms with E-state index in [0.29, 0.717) is 22.8 Å². The number of hydrogen-bond acceptors (Lipinski definition) is 4. The molecule has 2 aromatic carbocycles. The van der Waals surface area contributed by atoms with Crippen molar-refractivity contribution in [2.45, 2.75) is 0 Å². The number of nitrogens with one attached hydrogen (secondary N) is 1. The fourth-order valence-electron chi connectivity index (χ4n) is 2.48. The molecule has 136 valence electrons. The van der Waals surface area contributed by atoms with Crippen LogP contribution in [-0.4, -0.2) is 33.6 Å². The number of amides is 2. The molecule has 1 heterocycles. The van der Waals surface area contributed by atoms with Crippen molar-refractivity contribution in [2.24, 2.45) is 7.05 Å². The van der Waals surface area contributed by atoms with Gasteiger partial charge in [-0.3, -0.25) is 14.3 Å². The largest absolute Gasteiger partial charge is 0.322 e. The van der Waals surface area contributed by atoms with Crippen LogP contribution < -0.4 is 10.2 Å². The van der Waals surface area contributed by atoms with E-state index in [9.17, 15) is 9.59 Å². The van der Waals surface area contributed by atoms with Crippen molar-refractivity contribution in [2.75, 3.05) is 17.3 Å². The first-order valence-electron chi connectivity index (χ1n) is 8.25. The van der Waals surface area contributed by atoms with Crippen LogP contribution in [0.5, 0.6) is 0 Å². The lowest BCUT2D eigenvalue weighted by Crippen LogP contribution is -2.23. The van der Waals surface area contributed by atoms with Gasteiger partial charge in [0.15, 0.2) is 5.82 Å². The molecular formula is C20H19N5O2. The zero-order valence-corrected chi connectivity index (χ0v) is 15.1. The van der Waals surface area contributed by atoms with E-state index < -0.39 is 0 Å². The van der Waals surface area contributed by atoms with Crippen LogP contribution in [0.25, 0.3) is 11.4 Å². The summed E-state index contributed by atoms with van der Waals surface area (Å²) in [4.78, 5) is 29.7. The van der Waals surface area contributed by atoms with Crippen LogP contribution in [0.2, 0.25) is 0 Å². The third-order valence-corrected chi connectivity index (χ3v) is 4.02. The minimum atomic E-state index is -0.233. The molecule has 0 spiro atoms. The molecule has 0 bridgehead atoms. The summed E-state index contributed by atoms with van der Waals surface area (Å²) in [5, 5.41) is 7.09. The van der Waals surface area contributed by atoms with Crippen LogP contribution >= 0.6 is 0 Å². The highest BCUT2D eigenvalue weighted by atomic mass is 16.2. The van der Waals surface area contributed by atoms with Gasteiger partial charge in [0, 0.05) is 36.6 Å². The number of anilines is 2. The Morgan fingerprint density at radius 1 is 1.11 bits per heavy atom. The summed E-state index contributed by atoms with van der Waals surface area (Å²) in [6.45, 7) is 3.46. The first-order valence-corrected chi connectivity index (χ1v) is 8.25. The van der Waals surface area contributed by atoms with Crippen LogP contribution in [-0.2, 0) is 11.8 Å². The number of aromatic nitrogens is 3. The molecule has 0 saturated carbocycles. The third-order valence-electron chi connectivity index (χ3n) is 4.02. The van der Waals surface area contributed by atoms with E-state index in [-0.39, 0.29) is 11.8 Å². The summed E-state index contributed by atoms with van der Waals surface area (Å²) >= 11 is 0. The molecule has 27 heavy (non-hydrogen) atoms. The Balaban J connectivity index is 1.68. The lowest BCUT2D eigenvalue weighted by Gasteiger charge is -2.15. The molecule has 2 amide bonds. The predicted molar refractivity (Wildman–Crippen MR) is 104 cm³/mol. The molecule has 3 rings (SSSR count). The zero-order chi connectivity index (χ0) is 19.4. The van der Waals surface area contributed by atoms with Crippen molar-refractivity contribution >= 4 is 23.2 Å². The normalized spacial score (nSPS) is 10.3. The van der Waals surface area contributed by atoms with Gasteiger partial charge in [-0.05, 0) is 54.6 Å². The summed E-state index contributed by atoms with van der Waals surface area (Å²) in [6.07, 6.45) is 2.87. The maximum absolute atomic E-state index is 12.4. The van der Waals surface area contributed by atoms with E-state index in [0.717, 1.165) is 5.56 Å². The first kappa shape index (κ1) is 18.1. The number of carbonyl (C=O) groups excluding carboxylic acids is 2. The van der Waals surface area contributed by atoms with Gasteiger partial charge >= 0.3 is 0 Å². The maximum Gasteiger partial charge on any atom is 0.255 e. The number of aryl methyl sites for hydroxylation is 1. The van der Waals surface area contributed by atoms with Crippen molar-refractivity contribution < 1.29 is 9.59 Å². The molecule has 0 aliphatic carbocycles. The van der Waals surface area contributed by atoms with Gasteiger partial charge in [0.05, 0.1) is 0 Å². The smallest absolute Gasteiger partial charge is 0.255 e. The zero-order valence-electron chi connectivity index (χ0n) is 15.1. The molecular weight excluding hydrogens is 342 g/mol. The van der Waals surface area contributed by atoms with E-state index in [1.54, 1.807) is 61.5 Å². The van der Waals surface area contributed by atoms with Gasteiger partial charge in [-0.15, -0.1) is 0 Å². The minimum Gasteiger partial charge on any atom is -0.322 e. The van der Waals surface area contributed by atoms with Crippen LogP contribution in [0.4, 0.5) is 11.4 Å². The molecule has 0 fully saturated rings. The molecule has 1 aromatic heterocycles. The second-order valence-corrected chi connectivity index (χ2v) is 5.92. The van der Waals surface area contributed by atoms with Gasteiger partial charge in [-0.2, -0.15) is 5.10 Å². The average Bonchev–Trinajstić information content (AvgIpc) is 3.13. The van der Waals surface area contributed by atoms with Gasteiger partial charge < -0.3 is 10.2 Å². The van der Waals surface area contributed by atoms with Gasteiger partial charge in [0.25, 0.3) is 5.91 Å². The second kappa shape index (κ2) is 7.65. The predicted octanol–water partition coefficient (Wildman–Crippen LogP) is 2.88. The van der Waals surface area contributed by atoms with Crippen LogP contribution in [0.1, 0.15) is 10.4 Å². The molecule has 1 N–H and O–H groups in total. The van der Waals surface area contributed by atoms with Crippen LogP contribution in [0, 0.1) is 0 Å². The molecule has 0 aliphatic rings. The van der Waals surface area contributed by atoms with Gasteiger partial charge in [-0.1, -0.05) is 6.58 Å². The Morgan fingerprint density at radius 3 is 2.33 bits per heavy atom. The van der Waals surface area contributed by atoms with E-state index in [1.165, 1.54) is 11.0 Å². The van der Waals surface area contributed by atoms with Crippen molar-refractivity contribution in [1.29, 1.82) is 0 Å². The fourth-order valence-corrected chi connectivity index (χ4v) is 2.48. The van der Waals surface area contributed by atoms with Crippen LogP contribution in [0.3, 0.4) is 0 Å². The number of nitrogens with zero attached hydrogens (tertiary/aromatic N) is 4. The Kier molecular flexibility index (Phi) is 5.12. The Morgan fingerprint density at radius 2 is 1.78 bits per heavy atom. The van der Waals surface area contributed by atoms with Crippen molar-refractivity contribution in [3.63, 3.8) is 0 Å². The Hall–Kier alpha value is -3.74. The van der Waals surface area contributed by atoms with Gasteiger partial charge in [0.1, 0.15) is 6.33 Å². The fraction of sp³-hybridized carbons (Fsp3) is 0.100. The maximum atomic E-state index is 12.4. The lowest BCUT2D eigenvalue weighted by molar-refractivity contribution is -0.113. The number of likely N-dealkylation sites (N-methyl/N-ethyl adjacent to an activating group) is 1. The van der Waals surface area contributed by atoms with Gasteiger partial charge in [-0.25, -0.2) is 4.98 Å². The molecule has 7 nitrogen and oxygen atoms in total. The highest BCUT2D eigenvalue weighted by Gasteiger charge is 2.10. The minimum absolute atomic E-state index is 0.213. The quantitative estimate of drug-likeness (QED) is 0.709. The number of benzene rings is 2. The molecule has 0 radical (unpaired) electrons. The van der Waals surface area contributed by atoms with Crippen LogP contribution in [0.15, 0.2) is 67.5 Å². The summed E-state index contributed by atoms with van der Waals surface area (Å²) < 4.78 is 1.63. The van der Waals surface area contributed by atoms with Crippen molar-refractivity contribution in [1.82, 2.24) is 14.8 Å². The summed E-state index contributed by atoms with van der Waals surface area (Å²) in [6, 6.07) is 14.1. The highest BCUT2D eigenvalue weighted by molar-refractivity contribution is 6.05. The molecule has 3 aromatic rings. The van der Waals surface area contributed by atoms with Crippen molar-refractivity contribution in [3.05, 3.63) is 73.1 Å². The second-order valence-electron chi connectivity index (χ2n) is 5.92. The number of hydrogen-bond donors (Lipinski definition) is 1. The lowest BCUT2D eigenvalue weighted by atomic mass is 10.1. The Bertz CT molecular complexity index is 974. The summed E-state index contributed by atoms with van der Waals surface area (Å²) in [5.41, 5.74) is 2.72. The molecule has 7 heteroatoms. The third kappa shape index (κ3) is 4.09. The molecule has 0 saturated heterocycles. The summed E-state index contributed by atoms with van der Waals surface area (Å²) in [7, 11) is 3.46. The average molecular weight is 361 g/mol. The van der Waals surface area contributed by atoms with E-state index >= 15 is 0 Å². The van der Waals surface area contributed by atoms with E-state index in [1.807, 2.05) is 12.1 Å². The topological polar surface area (TPSA) is 80.1 Å². The number of rotatable bonds is 5. The van der Waals surface area contributed by atoms with E-state index in [2.05, 4.69) is 22.0 Å². The first-order chi connectivity index (χ1) is 13.0. The van der Waals surface area contributed by atoms with Crippen molar-refractivity contribution in [3.8, 4) is 11.4 Å².